The van der Waals surface area contributed by atoms with E-state index in [0.29, 0.717) is 0 Å². The van der Waals surface area contributed by atoms with E-state index in [9.17, 15) is 4.79 Å². The van der Waals surface area contributed by atoms with Gasteiger partial charge in [0.1, 0.15) is 6.54 Å². The SMILES string of the molecule is Cc1cccc(N2CCN(CCc3cn(CC(=O)OC(C)C)c4ccccc34)CC2)c1C. The molecule has 0 unspecified atom stereocenters. The van der Waals surface area contributed by atoms with E-state index < -0.39 is 0 Å². The summed E-state index contributed by atoms with van der Waals surface area (Å²) in [5.41, 5.74) is 6.53. The van der Waals surface area contributed by atoms with E-state index in [1.165, 1.54) is 27.8 Å². The van der Waals surface area contributed by atoms with Crippen LogP contribution in [0.2, 0.25) is 0 Å². The molecule has 0 bridgehead atoms. The number of nitrogens with zero attached hydrogens (tertiary/aromatic N) is 3. The Kier molecular flexibility index (Phi) is 6.85. The van der Waals surface area contributed by atoms with Crippen LogP contribution in [0.4, 0.5) is 5.69 Å². The molecule has 1 saturated heterocycles. The number of aryl methyl sites for hydroxylation is 1. The number of piperazine rings is 1. The molecule has 0 radical (unpaired) electrons. The van der Waals surface area contributed by atoms with Crippen LogP contribution in [0, 0.1) is 13.8 Å². The minimum Gasteiger partial charge on any atom is -0.462 e. The molecule has 0 spiro atoms. The summed E-state index contributed by atoms with van der Waals surface area (Å²) in [5.74, 6) is -0.185. The van der Waals surface area contributed by atoms with Crippen molar-refractivity contribution in [2.75, 3.05) is 37.6 Å². The summed E-state index contributed by atoms with van der Waals surface area (Å²) in [6, 6.07) is 15.0. The first-order valence-corrected chi connectivity index (χ1v) is 11.7. The fraction of sp³-hybridized carbons (Fsp3) is 0.444. The Labute approximate surface area is 191 Å². The number of carbonyl (C=O) groups is 1. The first-order chi connectivity index (χ1) is 15.4. The van der Waals surface area contributed by atoms with E-state index >= 15 is 0 Å². The van der Waals surface area contributed by atoms with Crippen molar-refractivity contribution in [1.29, 1.82) is 0 Å². The van der Waals surface area contributed by atoms with E-state index in [-0.39, 0.29) is 18.6 Å². The van der Waals surface area contributed by atoms with Gasteiger partial charge in [0, 0.05) is 55.5 Å². The predicted molar refractivity (Wildman–Crippen MR) is 131 cm³/mol. The normalized spacial score (nSPS) is 15.0. The zero-order chi connectivity index (χ0) is 22.7. The van der Waals surface area contributed by atoms with E-state index in [1.54, 1.807) is 0 Å². The number of aromatic nitrogens is 1. The van der Waals surface area contributed by atoms with Gasteiger partial charge in [-0.25, -0.2) is 0 Å². The summed E-state index contributed by atoms with van der Waals surface area (Å²) in [6.07, 6.45) is 3.03. The predicted octanol–water partition coefficient (Wildman–Crippen LogP) is 4.57. The zero-order valence-electron chi connectivity index (χ0n) is 19.8. The number of ether oxygens (including phenoxy) is 1. The molecule has 2 heterocycles. The van der Waals surface area contributed by atoms with Crippen molar-refractivity contribution in [3.63, 3.8) is 0 Å². The minimum absolute atomic E-state index is 0.0916. The van der Waals surface area contributed by atoms with Crippen LogP contribution >= 0.6 is 0 Å². The molecule has 1 aliphatic heterocycles. The Balaban J connectivity index is 1.39. The number of esters is 1. The molecule has 32 heavy (non-hydrogen) atoms. The molecule has 170 valence electrons. The molecule has 0 saturated carbocycles. The van der Waals surface area contributed by atoms with E-state index in [4.69, 9.17) is 4.74 Å². The Morgan fingerprint density at radius 1 is 1.00 bits per heavy atom. The van der Waals surface area contributed by atoms with Gasteiger partial charge in [-0.15, -0.1) is 0 Å². The van der Waals surface area contributed by atoms with Crippen LogP contribution < -0.4 is 4.90 Å². The van der Waals surface area contributed by atoms with Gasteiger partial charge in [-0.1, -0.05) is 30.3 Å². The lowest BCUT2D eigenvalue weighted by atomic mass is 10.1. The molecule has 5 heteroatoms. The second-order valence-electron chi connectivity index (χ2n) is 9.14. The smallest absolute Gasteiger partial charge is 0.326 e. The highest BCUT2D eigenvalue weighted by atomic mass is 16.5. The molecule has 1 aromatic heterocycles. The Morgan fingerprint density at radius 3 is 2.50 bits per heavy atom. The topological polar surface area (TPSA) is 37.7 Å². The van der Waals surface area contributed by atoms with Crippen molar-refractivity contribution in [3.8, 4) is 0 Å². The summed E-state index contributed by atoms with van der Waals surface area (Å²) >= 11 is 0. The van der Waals surface area contributed by atoms with Crippen LogP contribution in [0.15, 0.2) is 48.7 Å². The van der Waals surface area contributed by atoms with Gasteiger partial charge < -0.3 is 14.2 Å². The third-order valence-corrected chi connectivity index (χ3v) is 6.52. The third kappa shape index (κ3) is 4.99. The highest BCUT2D eigenvalue weighted by molar-refractivity contribution is 5.85. The number of para-hydroxylation sites is 1. The maximum atomic E-state index is 12.2. The van der Waals surface area contributed by atoms with Gasteiger partial charge >= 0.3 is 5.97 Å². The third-order valence-electron chi connectivity index (χ3n) is 6.52. The summed E-state index contributed by atoms with van der Waals surface area (Å²) in [7, 11) is 0. The second-order valence-corrected chi connectivity index (χ2v) is 9.14. The second kappa shape index (κ2) is 9.78. The maximum Gasteiger partial charge on any atom is 0.326 e. The Morgan fingerprint density at radius 2 is 1.75 bits per heavy atom. The summed E-state index contributed by atoms with van der Waals surface area (Å²) < 4.78 is 7.39. The first kappa shape index (κ1) is 22.4. The fourth-order valence-electron chi connectivity index (χ4n) is 4.66. The van der Waals surface area contributed by atoms with E-state index in [0.717, 1.165) is 44.7 Å². The van der Waals surface area contributed by atoms with E-state index in [2.05, 4.69) is 66.2 Å². The molecule has 1 fully saturated rings. The lowest BCUT2D eigenvalue weighted by molar-refractivity contribution is -0.148. The molecule has 0 amide bonds. The zero-order valence-corrected chi connectivity index (χ0v) is 19.8. The molecule has 4 rings (SSSR count). The van der Waals surface area contributed by atoms with Crippen molar-refractivity contribution in [2.45, 2.75) is 46.8 Å². The Hall–Kier alpha value is -2.79. The first-order valence-electron chi connectivity index (χ1n) is 11.7. The number of benzene rings is 2. The van der Waals surface area contributed by atoms with Crippen molar-refractivity contribution in [3.05, 3.63) is 65.4 Å². The van der Waals surface area contributed by atoms with Crippen LogP contribution in [0.25, 0.3) is 10.9 Å². The molecule has 0 atom stereocenters. The molecule has 1 aliphatic rings. The highest BCUT2D eigenvalue weighted by Gasteiger charge is 2.19. The maximum absolute atomic E-state index is 12.2. The van der Waals surface area contributed by atoms with Crippen LogP contribution in [-0.4, -0.2) is 54.3 Å². The molecular weight excluding hydrogens is 398 g/mol. The number of hydrogen-bond acceptors (Lipinski definition) is 4. The fourth-order valence-corrected chi connectivity index (χ4v) is 4.66. The number of carbonyl (C=O) groups excluding carboxylic acids is 1. The van der Waals surface area contributed by atoms with Crippen molar-refractivity contribution < 1.29 is 9.53 Å². The molecule has 3 aromatic rings. The van der Waals surface area contributed by atoms with Crippen LogP contribution in [0.3, 0.4) is 0 Å². The van der Waals surface area contributed by atoms with Crippen molar-refractivity contribution in [1.82, 2.24) is 9.47 Å². The van der Waals surface area contributed by atoms with Crippen LogP contribution in [0.5, 0.6) is 0 Å². The average Bonchev–Trinajstić information content (AvgIpc) is 3.11. The van der Waals surface area contributed by atoms with Crippen molar-refractivity contribution >= 4 is 22.6 Å². The summed E-state index contributed by atoms with van der Waals surface area (Å²) in [5, 5.41) is 1.24. The van der Waals surface area contributed by atoms with Crippen LogP contribution in [-0.2, 0) is 22.5 Å². The lowest BCUT2D eigenvalue weighted by Gasteiger charge is -2.37. The molecule has 2 aromatic carbocycles. The standard InChI is InChI=1S/C27H35N3O2/c1-20(2)32-27(31)19-30-18-23(24-9-5-6-10-26(24)30)12-13-28-14-16-29(17-15-28)25-11-7-8-21(3)22(25)4/h5-11,18,20H,12-17,19H2,1-4H3. The van der Waals surface area contributed by atoms with E-state index in [1.807, 2.05) is 24.5 Å². The monoisotopic (exact) mass is 433 g/mol. The van der Waals surface area contributed by atoms with Gasteiger partial charge in [0.25, 0.3) is 0 Å². The molecule has 0 N–H and O–H groups in total. The molecular formula is C27H35N3O2. The van der Waals surface area contributed by atoms with Gasteiger partial charge in [-0.2, -0.15) is 0 Å². The highest BCUT2D eigenvalue weighted by Crippen LogP contribution is 2.25. The van der Waals surface area contributed by atoms with Crippen LogP contribution in [0.1, 0.15) is 30.5 Å². The average molecular weight is 434 g/mol. The largest absolute Gasteiger partial charge is 0.462 e. The molecule has 5 nitrogen and oxygen atoms in total. The number of rotatable bonds is 7. The Bertz CT molecular complexity index is 1080. The number of fused-ring (bicyclic) bond motifs is 1. The lowest BCUT2D eigenvalue weighted by Crippen LogP contribution is -2.47. The van der Waals surface area contributed by atoms with Gasteiger partial charge in [-0.3, -0.25) is 9.69 Å². The molecule has 0 aliphatic carbocycles. The number of anilines is 1. The van der Waals surface area contributed by atoms with Gasteiger partial charge in [-0.05, 0) is 62.9 Å². The quantitative estimate of drug-likeness (QED) is 0.512. The summed E-state index contributed by atoms with van der Waals surface area (Å²) in [4.78, 5) is 17.3. The van der Waals surface area contributed by atoms with Gasteiger partial charge in [0.15, 0.2) is 0 Å². The number of hydrogen-bond donors (Lipinski definition) is 0. The van der Waals surface area contributed by atoms with Gasteiger partial charge in [0.2, 0.25) is 0 Å². The minimum atomic E-state index is -0.185. The van der Waals surface area contributed by atoms with Crippen molar-refractivity contribution in [2.24, 2.45) is 0 Å². The van der Waals surface area contributed by atoms with Gasteiger partial charge in [0.05, 0.1) is 6.10 Å². The summed E-state index contributed by atoms with van der Waals surface area (Å²) in [6.45, 7) is 13.8.